The minimum absolute atomic E-state index is 0. The SMILES string of the molecule is CNCc1cc2c(cc1C1CCCC(O)(C(Cc3ccccc3)CC3(N=C(N)N)Oc4ccc5c(c4)CCC(C)C5CC(S(=O)(=O)[O-])C4C=C5CC(CC6CC(CO)CC#Cc7cc(O)ccc7C5O6)C4c4ccc3cc4)C1)CNCC2.[Na+]. The summed E-state index contributed by atoms with van der Waals surface area (Å²) in [4.78, 5) is 5.20. The van der Waals surface area contributed by atoms with Gasteiger partial charge in [0, 0.05) is 49.2 Å². The molecule has 0 radical (unpaired) electrons. The molecule has 1 saturated carbocycles. The van der Waals surface area contributed by atoms with Crippen molar-refractivity contribution in [1.29, 1.82) is 0 Å². The Kier molecular flexibility index (Phi) is 17.8. The van der Waals surface area contributed by atoms with Gasteiger partial charge in [-0.1, -0.05) is 104 Å². The maximum atomic E-state index is 14.4. The number of nitrogens with one attached hydrogen (secondary N) is 2. The summed E-state index contributed by atoms with van der Waals surface area (Å²) >= 11 is 0. The zero-order valence-corrected chi connectivity index (χ0v) is 51.2. The summed E-state index contributed by atoms with van der Waals surface area (Å²) in [6, 6.07) is 34.4. The van der Waals surface area contributed by atoms with Gasteiger partial charge in [-0.15, -0.1) is 0 Å². The minimum Gasteiger partial charge on any atom is -0.748 e. The fourth-order valence-corrected chi connectivity index (χ4v) is 17.2. The van der Waals surface area contributed by atoms with Gasteiger partial charge in [-0.25, -0.2) is 13.4 Å². The molecule has 13 nitrogen and oxygen atoms in total. The molecule has 13 atom stereocenters. The van der Waals surface area contributed by atoms with E-state index in [2.05, 4.69) is 71.9 Å². The number of aromatic hydroxyl groups is 1. The van der Waals surface area contributed by atoms with Gasteiger partial charge in [0.1, 0.15) is 17.6 Å². The van der Waals surface area contributed by atoms with Crippen LogP contribution in [0.1, 0.15) is 163 Å². The third-order valence-electron chi connectivity index (χ3n) is 20.1. The number of aliphatic hydroxyl groups is 2. The average molecular weight is 1150 g/mol. The number of allylic oxidation sites excluding steroid dienone is 1. The third-order valence-corrected chi connectivity index (χ3v) is 21.3. The third kappa shape index (κ3) is 12.4. The summed E-state index contributed by atoms with van der Waals surface area (Å²) in [5, 5.41) is 40.9. The number of ether oxygens (including phenoxy) is 2. The van der Waals surface area contributed by atoms with Gasteiger partial charge >= 0.3 is 29.6 Å². The van der Waals surface area contributed by atoms with E-state index in [0.29, 0.717) is 61.8 Å². The number of hydrogen-bond donors (Lipinski definition) is 7. The normalized spacial score (nSPS) is 30.3. The number of phenolic OH excluding ortho intramolecular Hbond substituents is 1. The first-order valence-electron chi connectivity index (χ1n) is 30.1. The molecule has 10 bridgehead atoms. The Labute approximate surface area is 512 Å². The van der Waals surface area contributed by atoms with E-state index in [1.807, 2.05) is 61.6 Å². The number of aliphatic hydroxyl groups excluding tert-OH is 1. The van der Waals surface area contributed by atoms with Crippen LogP contribution in [-0.4, -0.2) is 71.4 Å². The van der Waals surface area contributed by atoms with Gasteiger partial charge < -0.3 is 51.4 Å². The molecule has 0 amide bonds. The molecular weight excluding hydrogens is 1070 g/mol. The van der Waals surface area contributed by atoms with Gasteiger partial charge in [0.25, 0.3) is 0 Å². The number of hydrogen-bond acceptors (Lipinski definition) is 11. The Hall–Kier alpha value is -5.02. The van der Waals surface area contributed by atoms with Crippen molar-refractivity contribution in [1.82, 2.24) is 10.6 Å². The smallest absolute Gasteiger partial charge is 0.748 e. The minimum atomic E-state index is -4.95. The molecule has 1 saturated heterocycles. The predicted molar refractivity (Wildman–Crippen MR) is 318 cm³/mol. The van der Waals surface area contributed by atoms with Crippen LogP contribution in [0.4, 0.5) is 0 Å². The van der Waals surface area contributed by atoms with Crippen LogP contribution in [0, 0.1) is 41.4 Å². The topological polar surface area (TPSA) is 225 Å². The van der Waals surface area contributed by atoms with Gasteiger partial charge in [-0.3, -0.25) is 0 Å². The standard InChI is InChI=1S/C68H81N5O8S.Na/c1-41-13-14-47-31-56-20-22-58(47)60(41)35-63(82(77,78)79)62-33-50-29-49(32-57-27-43(40-74)10-6-11-46-30-55(75)19-21-59(46)65(50)80-57)64(62)44-15-17-53(18-16-44)68(81-56,73-66(69)70)37-54(26-42-8-4-3-5-9-42)67(76)24-7-12-48(36-67)61-34-51-39-72-25-23-45(51)28-52(61)38-71-2;/h3-5,8-9,15-22,28,30-31,33-34,41,43,48-49,54,57,60,62-65,71-72,74-76H,7,10,12-14,23-27,29,32,35-40H2,1-2H3,(H4,69,70,73)(H,77,78,79);/q;+1/p-1. The molecule has 83 heavy (non-hydrogen) atoms. The van der Waals surface area contributed by atoms with Crippen LogP contribution in [0.2, 0.25) is 0 Å². The van der Waals surface area contributed by atoms with Crippen molar-refractivity contribution >= 4 is 16.1 Å². The molecule has 15 heteroatoms. The monoisotopic (exact) mass is 1150 g/mol. The van der Waals surface area contributed by atoms with E-state index < -0.39 is 50.6 Å². The fourth-order valence-electron chi connectivity index (χ4n) is 16.1. The van der Waals surface area contributed by atoms with Gasteiger partial charge in [-0.2, -0.15) is 0 Å². The first kappa shape index (κ1) is 59.7. The van der Waals surface area contributed by atoms with Crippen LogP contribution < -0.4 is 56.4 Å². The van der Waals surface area contributed by atoms with Crippen molar-refractivity contribution in [2.75, 3.05) is 20.2 Å². The molecule has 6 aliphatic heterocycles. The molecule has 432 valence electrons. The summed E-state index contributed by atoms with van der Waals surface area (Å²) in [5.41, 5.74) is 22.7. The zero-order valence-electron chi connectivity index (χ0n) is 48.4. The van der Waals surface area contributed by atoms with Crippen molar-refractivity contribution in [3.63, 3.8) is 0 Å². The first-order valence-corrected chi connectivity index (χ1v) is 31.6. The molecule has 5 aromatic rings. The van der Waals surface area contributed by atoms with Crippen LogP contribution in [0.15, 0.2) is 120 Å². The number of rotatable bonds is 11. The van der Waals surface area contributed by atoms with E-state index in [4.69, 9.17) is 25.9 Å². The van der Waals surface area contributed by atoms with Crippen LogP contribution >= 0.6 is 0 Å². The maximum absolute atomic E-state index is 14.4. The van der Waals surface area contributed by atoms with Crippen LogP contribution in [-0.2, 0) is 52.9 Å². The van der Waals surface area contributed by atoms with Gasteiger partial charge in [0.2, 0.25) is 5.72 Å². The Morgan fingerprint density at radius 3 is 2.52 bits per heavy atom. The fraction of sp³-hybridized carbons (Fsp3) is 0.485. The van der Waals surface area contributed by atoms with Gasteiger partial charge in [0.05, 0.1) is 27.1 Å². The molecule has 6 heterocycles. The van der Waals surface area contributed by atoms with Gasteiger partial charge in [0.15, 0.2) is 5.96 Å². The van der Waals surface area contributed by atoms with E-state index in [9.17, 15) is 28.3 Å². The molecule has 14 rings (SSSR count). The largest absolute Gasteiger partial charge is 1.00 e. The molecule has 9 aliphatic rings. The second-order valence-corrected chi connectivity index (χ2v) is 26.9. The van der Waals surface area contributed by atoms with E-state index in [1.165, 1.54) is 22.3 Å². The summed E-state index contributed by atoms with van der Waals surface area (Å²) in [7, 11) is -2.95. The Balaban J connectivity index is 0.00000721. The number of guanidine groups is 1. The van der Waals surface area contributed by atoms with E-state index in [0.717, 1.165) is 85.1 Å². The number of benzene rings is 5. The van der Waals surface area contributed by atoms with E-state index in [1.54, 1.807) is 12.1 Å². The second kappa shape index (κ2) is 24.8. The van der Waals surface area contributed by atoms with Crippen molar-refractivity contribution in [2.45, 2.75) is 156 Å². The Morgan fingerprint density at radius 2 is 1.75 bits per heavy atom. The van der Waals surface area contributed by atoms with Crippen molar-refractivity contribution in [3.05, 3.63) is 176 Å². The molecule has 0 aromatic heterocycles. The molecule has 0 spiro atoms. The zero-order chi connectivity index (χ0) is 56.9. The quantitative estimate of drug-likeness (QED) is 0.0188. The van der Waals surface area contributed by atoms with E-state index in [-0.39, 0.29) is 96.4 Å². The number of nitrogens with two attached hydrogens (primary N) is 2. The number of aliphatic imine (C=N–C) groups is 1. The summed E-state index contributed by atoms with van der Waals surface area (Å²) < 4.78 is 57.8. The summed E-state index contributed by atoms with van der Waals surface area (Å²) in [6.07, 6.45) is 9.43. The molecule has 2 fully saturated rings. The summed E-state index contributed by atoms with van der Waals surface area (Å²) in [5.74, 6) is 4.94. The Morgan fingerprint density at radius 1 is 0.940 bits per heavy atom. The molecule has 9 N–H and O–H groups in total. The predicted octanol–water partition coefficient (Wildman–Crippen LogP) is 6.52. The first-order chi connectivity index (χ1) is 39.6. The second-order valence-electron chi connectivity index (χ2n) is 25.3. The molecule has 5 aromatic carbocycles. The number of nitrogens with zero attached hydrogens (tertiary/aromatic N) is 1. The van der Waals surface area contributed by atoms with Crippen LogP contribution in [0.5, 0.6) is 11.5 Å². The van der Waals surface area contributed by atoms with Crippen molar-refractivity contribution < 1.29 is 67.3 Å². The average Bonchev–Trinajstić information content (AvgIpc) is 3.20. The van der Waals surface area contributed by atoms with Crippen molar-refractivity contribution in [2.24, 2.45) is 46.0 Å². The maximum Gasteiger partial charge on any atom is 1.00 e. The van der Waals surface area contributed by atoms with Crippen molar-refractivity contribution in [3.8, 4) is 23.3 Å². The number of phenols is 1. The van der Waals surface area contributed by atoms with Crippen LogP contribution in [0.25, 0.3) is 0 Å². The Bertz CT molecular complexity index is 3420. The van der Waals surface area contributed by atoms with Crippen LogP contribution in [0.3, 0.4) is 0 Å². The molecule has 13 unspecified atom stereocenters. The van der Waals surface area contributed by atoms with E-state index >= 15 is 0 Å². The number of aryl methyl sites for hydroxylation is 1. The summed E-state index contributed by atoms with van der Waals surface area (Å²) in [6.45, 7) is 4.60. The number of fused-ring (bicyclic) bond motifs is 9. The molecular formula is C68H80N5NaO8S. The molecule has 3 aliphatic carbocycles. The van der Waals surface area contributed by atoms with Gasteiger partial charge in [-0.05, 0) is 212 Å².